The van der Waals surface area contributed by atoms with Gasteiger partial charge in [-0.2, -0.15) is 0 Å². The number of hydrogen-bond acceptors (Lipinski definition) is 0. The van der Waals surface area contributed by atoms with Crippen molar-refractivity contribution in [2.24, 2.45) is 0 Å². The fraction of sp³-hybridized carbons (Fsp3) is 0. The first-order valence-electron chi connectivity index (χ1n) is 6.97. The number of benzene rings is 4. The van der Waals surface area contributed by atoms with Crippen LogP contribution in [0.5, 0.6) is 0 Å². The molecule has 92 valence electrons. The lowest BCUT2D eigenvalue weighted by Gasteiger charge is -2.10. The van der Waals surface area contributed by atoms with Crippen LogP contribution in [0.15, 0.2) is 60.7 Å². The third-order valence-corrected chi connectivity index (χ3v) is 4.37. The van der Waals surface area contributed by atoms with E-state index in [1.165, 1.54) is 43.4 Å². The van der Waals surface area contributed by atoms with Gasteiger partial charge in [0.15, 0.2) is 0 Å². The highest BCUT2D eigenvalue weighted by Gasteiger charge is 2.13. The Morgan fingerprint density at radius 1 is 0.500 bits per heavy atom. The van der Waals surface area contributed by atoms with E-state index in [1.807, 2.05) is 0 Å². The minimum absolute atomic E-state index is 1.31. The maximum Gasteiger partial charge on any atom is -0.00262 e. The van der Waals surface area contributed by atoms with Gasteiger partial charge in [0.1, 0.15) is 0 Å². The highest BCUT2D eigenvalue weighted by Crippen LogP contribution is 2.39. The van der Waals surface area contributed by atoms with Crippen LogP contribution in [-0.4, -0.2) is 0 Å². The van der Waals surface area contributed by atoms with Crippen LogP contribution >= 0.6 is 0 Å². The summed E-state index contributed by atoms with van der Waals surface area (Å²) in [7, 11) is 0. The minimum Gasteiger partial charge on any atom is -0.0616 e. The SMILES string of the molecule is C1=Cc2cc3ccc4ccccc4c3c3cccc1c23. The molecule has 0 saturated carbocycles. The molecule has 0 amide bonds. The molecule has 0 bridgehead atoms. The van der Waals surface area contributed by atoms with Crippen molar-refractivity contribution in [3.8, 4) is 0 Å². The van der Waals surface area contributed by atoms with E-state index in [4.69, 9.17) is 0 Å². The van der Waals surface area contributed by atoms with E-state index in [9.17, 15) is 0 Å². The van der Waals surface area contributed by atoms with Gasteiger partial charge in [-0.1, -0.05) is 66.7 Å². The number of fused-ring (bicyclic) bond motifs is 4. The summed E-state index contributed by atoms with van der Waals surface area (Å²) in [5, 5.41) is 8.14. The molecule has 0 aliphatic heterocycles. The smallest absolute Gasteiger partial charge is 0.00262 e. The first-order valence-corrected chi connectivity index (χ1v) is 6.97. The zero-order valence-corrected chi connectivity index (χ0v) is 10.9. The van der Waals surface area contributed by atoms with Crippen molar-refractivity contribution in [2.75, 3.05) is 0 Å². The van der Waals surface area contributed by atoms with Gasteiger partial charge in [-0.15, -0.1) is 0 Å². The lowest BCUT2D eigenvalue weighted by atomic mass is 9.93. The quantitative estimate of drug-likeness (QED) is 0.313. The molecule has 4 aromatic rings. The Morgan fingerprint density at radius 2 is 1.30 bits per heavy atom. The van der Waals surface area contributed by atoms with Gasteiger partial charge < -0.3 is 0 Å². The van der Waals surface area contributed by atoms with Crippen LogP contribution in [0.3, 0.4) is 0 Å². The molecule has 0 radical (unpaired) electrons. The normalized spacial score (nSPS) is 12.8. The van der Waals surface area contributed by atoms with E-state index in [0.29, 0.717) is 0 Å². The van der Waals surface area contributed by atoms with Gasteiger partial charge in [0, 0.05) is 0 Å². The van der Waals surface area contributed by atoms with E-state index < -0.39 is 0 Å². The van der Waals surface area contributed by atoms with Gasteiger partial charge in [-0.3, -0.25) is 0 Å². The molecule has 0 atom stereocenters. The summed E-state index contributed by atoms with van der Waals surface area (Å²) in [6.07, 6.45) is 4.45. The predicted molar refractivity (Wildman–Crippen MR) is 87.9 cm³/mol. The summed E-state index contributed by atoms with van der Waals surface area (Å²) in [5.41, 5.74) is 2.69. The molecule has 0 heterocycles. The van der Waals surface area contributed by atoms with Crippen molar-refractivity contribution in [3.63, 3.8) is 0 Å². The van der Waals surface area contributed by atoms with Crippen molar-refractivity contribution < 1.29 is 0 Å². The van der Waals surface area contributed by atoms with Gasteiger partial charge in [-0.05, 0) is 49.5 Å². The van der Waals surface area contributed by atoms with Crippen LogP contribution in [-0.2, 0) is 0 Å². The molecule has 0 N–H and O–H groups in total. The van der Waals surface area contributed by atoms with Crippen LogP contribution < -0.4 is 0 Å². The lowest BCUT2D eigenvalue weighted by Crippen LogP contribution is -1.84. The van der Waals surface area contributed by atoms with Crippen molar-refractivity contribution in [3.05, 3.63) is 71.8 Å². The first kappa shape index (κ1) is 10.2. The molecular weight excluding hydrogens is 240 g/mol. The van der Waals surface area contributed by atoms with E-state index in [0.717, 1.165) is 0 Å². The van der Waals surface area contributed by atoms with Gasteiger partial charge in [0.05, 0.1) is 0 Å². The van der Waals surface area contributed by atoms with Crippen molar-refractivity contribution in [1.29, 1.82) is 0 Å². The molecule has 0 spiro atoms. The average molecular weight is 252 g/mol. The average Bonchev–Trinajstić information content (AvgIpc) is 2.92. The second-order valence-corrected chi connectivity index (χ2v) is 5.45. The van der Waals surface area contributed by atoms with Crippen LogP contribution in [0.2, 0.25) is 0 Å². The third-order valence-electron chi connectivity index (χ3n) is 4.37. The van der Waals surface area contributed by atoms with Gasteiger partial charge >= 0.3 is 0 Å². The highest BCUT2D eigenvalue weighted by atomic mass is 14.2. The Morgan fingerprint density at radius 3 is 2.30 bits per heavy atom. The third kappa shape index (κ3) is 1.16. The molecule has 0 fully saturated rings. The van der Waals surface area contributed by atoms with Gasteiger partial charge in [0.25, 0.3) is 0 Å². The summed E-state index contributed by atoms with van der Waals surface area (Å²) in [4.78, 5) is 0. The van der Waals surface area contributed by atoms with Gasteiger partial charge in [-0.25, -0.2) is 0 Å². The minimum atomic E-state index is 1.31. The highest BCUT2D eigenvalue weighted by molar-refractivity contribution is 6.24. The standard InChI is InChI=1S/C20H12/c1-2-6-17-13(4-1)8-10-16-12-15-11-9-14-5-3-7-18(19(14)15)20(16)17/h1-12H. The van der Waals surface area contributed by atoms with Crippen LogP contribution in [0.25, 0.3) is 44.5 Å². The Labute approximate surface area is 117 Å². The van der Waals surface area contributed by atoms with Crippen molar-refractivity contribution in [2.45, 2.75) is 0 Å². The van der Waals surface area contributed by atoms with E-state index in [2.05, 4.69) is 72.8 Å². The van der Waals surface area contributed by atoms with E-state index in [1.54, 1.807) is 0 Å². The summed E-state index contributed by atoms with van der Waals surface area (Å²) < 4.78 is 0. The second-order valence-electron chi connectivity index (χ2n) is 5.45. The number of hydrogen-bond donors (Lipinski definition) is 0. The molecule has 1 aliphatic rings. The van der Waals surface area contributed by atoms with E-state index in [-0.39, 0.29) is 0 Å². The zero-order valence-electron chi connectivity index (χ0n) is 10.9. The van der Waals surface area contributed by atoms with Crippen LogP contribution in [0.4, 0.5) is 0 Å². The summed E-state index contributed by atoms with van der Waals surface area (Å²) in [6, 6.07) is 22.1. The Hall–Kier alpha value is -2.60. The molecule has 0 heteroatoms. The Kier molecular flexibility index (Phi) is 1.78. The Bertz CT molecular complexity index is 1040. The second kappa shape index (κ2) is 3.49. The van der Waals surface area contributed by atoms with E-state index >= 15 is 0 Å². The van der Waals surface area contributed by atoms with Crippen LogP contribution in [0.1, 0.15) is 11.1 Å². The predicted octanol–water partition coefficient (Wildman–Crippen LogP) is 5.63. The maximum atomic E-state index is 2.32. The fourth-order valence-corrected chi connectivity index (χ4v) is 3.50. The molecule has 0 nitrogen and oxygen atoms in total. The molecule has 4 aromatic carbocycles. The van der Waals surface area contributed by atoms with Gasteiger partial charge in [0.2, 0.25) is 0 Å². The molecular formula is C20H12. The fourth-order valence-electron chi connectivity index (χ4n) is 3.50. The molecule has 0 unspecified atom stereocenters. The zero-order chi connectivity index (χ0) is 13.1. The number of rotatable bonds is 0. The maximum absolute atomic E-state index is 2.32. The largest absolute Gasteiger partial charge is 0.0616 e. The lowest BCUT2D eigenvalue weighted by molar-refractivity contribution is 1.75. The topological polar surface area (TPSA) is 0 Å². The van der Waals surface area contributed by atoms with Crippen molar-refractivity contribution in [1.82, 2.24) is 0 Å². The molecule has 20 heavy (non-hydrogen) atoms. The van der Waals surface area contributed by atoms with Crippen molar-refractivity contribution >= 4 is 44.5 Å². The molecule has 0 saturated heterocycles. The Balaban J connectivity index is 2.17. The first-order chi connectivity index (χ1) is 9.92. The van der Waals surface area contributed by atoms with Crippen LogP contribution in [0, 0.1) is 0 Å². The molecule has 5 rings (SSSR count). The monoisotopic (exact) mass is 252 g/mol. The summed E-state index contributed by atoms with van der Waals surface area (Å²) >= 11 is 0. The molecule has 0 aromatic heterocycles. The molecule has 1 aliphatic carbocycles. The summed E-state index contributed by atoms with van der Waals surface area (Å²) in [6.45, 7) is 0. The summed E-state index contributed by atoms with van der Waals surface area (Å²) in [5.74, 6) is 0.